The lowest BCUT2D eigenvalue weighted by atomic mass is 10.3. The number of methoxy groups -OCH3 is 1. The van der Waals surface area contributed by atoms with Crippen molar-refractivity contribution in [2.24, 2.45) is 0 Å². The molecule has 0 fully saturated rings. The van der Waals surface area contributed by atoms with Crippen LogP contribution in [0.4, 0.5) is 5.13 Å². The van der Waals surface area contributed by atoms with Crippen molar-refractivity contribution < 1.29 is 9.53 Å². The largest absolute Gasteiger partial charge is 0.469 e. The zero-order valence-electron chi connectivity index (χ0n) is 11.7. The average Bonchev–Trinajstić information content (AvgIpc) is 3.07. The lowest BCUT2D eigenvalue weighted by molar-refractivity contribution is -0.139. The molecule has 0 saturated heterocycles. The van der Waals surface area contributed by atoms with Crippen LogP contribution in [0.5, 0.6) is 0 Å². The molecule has 108 valence electrons. The fraction of sp³-hybridized carbons (Fsp3) is 0.462. The normalized spacial score (nSPS) is 12.2. The predicted octanol–water partition coefficient (Wildman–Crippen LogP) is 3.05. The molecule has 0 aliphatic rings. The van der Waals surface area contributed by atoms with Gasteiger partial charge in [-0.25, -0.2) is 9.97 Å². The van der Waals surface area contributed by atoms with Crippen molar-refractivity contribution in [2.45, 2.75) is 32.7 Å². The van der Waals surface area contributed by atoms with Crippen LogP contribution < -0.4 is 5.32 Å². The minimum Gasteiger partial charge on any atom is -0.469 e. The number of hydrogen-bond donors (Lipinski definition) is 1. The topological polar surface area (TPSA) is 64.1 Å². The minimum absolute atomic E-state index is 0.109. The number of esters is 1. The van der Waals surface area contributed by atoms with Gasteiger partial charge in [0.25, 0.3) is 0 Å². The van der Waals surface area contributed by atoms with Gasteiger partial charge in [-0.3, -0.25) is 4.79 Å². The summed E-state index contributed by atoms with van der Waals surface area (Å²) >= 11 is 3.19. The summed E-state index contributed by atoms with van der Waals surface area (Å²) in [5.41, 5.74) is 0.727. The van der Waals surface area contributed by atoms with Crippen LogP contribution in [0.25, 0.3) is 0 Å². The maximum absolute atomic E-state index is 11.2. The second-order valence-corrected chi connectivity index (χ2v) is 6.29. The number of aromatic nitrogens is 2. The Labute approximate surface area is 126 Å². The molecule has 0 aromatic carbocycles. The van der Waals surface area contributed by atoms with Gasteiger partial charge in [-0.2, -0.15) is 0 Å². The van der Waals surface area contributed by atoms with Crippen LogP contribution in [0.15, 0.2) is 11.6 Å². The van der Waals surface area contributed by atoms with Crippen molar-refractivity contribution in [3.05, 3.63) is 27.2 Å². The number of rotatable bonds is 6. The molecule has 0 aliphatic carbocycles. The quantitative estimate of drug-likeness (QED) is 0.831. The first kappa shape index (κ1) is 14.9. The highest BCUT2D eigenvalue weighted by molar-refractivity contribution is 7.14. The number of aryl methyl sites for hydroxylation is 1. The van der Waals surface area contributed by atoms with Gasteiger partial charge in [-0.1, -0.05) is 6.92 Å². The maximum Gasteiger partial charge on any atom is 0.311 e. The first-order chi connectivity index (χ1) is 9.62. The van der Waals surface area contributed by atoms with Crippen LogP contribution in [0.2, 0.25) is 0 Å². The Morgan fingerprint density at radius 2 is 2.35 bits per heavy atom. The Morgan fingerprint density at radius 3 is 3.00 bits per heavy atom. The van der Waals surface area contributed by atoms with Gasteiger partial charge in [-0.15, -0.1) is 22.7 Å². The first-order valence-corrected chi connectivity index (χ1v) is 8.04. The van der Waals surface area contributed by atoms with Crippen LogP contribution in [0.1, 0.15) is 35.5 Å². The van der Waals surface area contributed by atoms with Gasteiger partial charge in [0.15, 0.2) is 5.13 Å². The molecule has 2 heterocycles. The van der Waals surface area contributed by atoms with Crippen molar-refractivity contribution in [3.8, 4) is 0 Å². The van der Waals surface area contributed by atoms with Crippen LogP contribution in [0.3, 0.4) is 0 Å². The molecule has 0 aliphatic heterocycles. The standard InChI is InChI=1S/C13H17N3O2S2/c1-4-10-6-14-12(20-10)8(2)15-13-16-9(7-19-13)5-11(17)18-3/h6-8H,4-5H2,1-3H3,(H,15,16). The Hall–Kier alpha value is -1.47. The summed E-state index contributed by atoms with van der Waals surface area (Å²) in [7, 11) is 1.38. The SMILES string of the molecule is CCc1cnc(C(C)Nc2nc(CC(=O)OC)cs2)s1. The summed E-state index contributed by atoms with van der Waals surface area (Å²) in [6.07, 6.45) is 3.13. The molecule has 0 saturated carbocycles. The molecule has 2 aromatic heterocycles. The number of thiazole rings is 2. The first-order valence-electron chi connectivity index (χ1n) is 6.34. The van der Waals surface area contributed by atoms with Gasteiger partial charge in [0.05, 0.1) is 25.3 Å². The highest BCUT2D eigenvalue weighted by Crippen LogP contribution is 2.25. The molecule has 1 unspecified atom stereocenters. The highest BCUT2D eigenvalue weighted by Gasteiger charge is 2.13. The fourth-order valence-electron chi connectivity index (χ4n) is 1.61. The number of carbonyl (C=O) groups excluding carboxylic acids is 1. The molecule has 2 rings (SSSR count). The number of ether oxygens (including phenoxy) is 1. The molecule has 0 amide bonds. The smallest absolute Gasteiger partial charge is 0.311 e. The molecule has 20 heavy (non-hydrogen) atoms. The van der Waals surface area contributed by atoms with E-state index in [1.165, 1.54) is 23.3 Å². The predicted molar refractivity (Wildman–Crippen MR) is 81.4 cm³/mol. The van der Waals surface area contributed by atoms with E-state index in [4.69, 9.17) is 0 Å². The number of carbonyl (C=O) groups is 1. The number of nitrogens with zero attached hydrogens (tertiary/aromatic N) is 2. The Balaban J connectivity index is 1.97. The van der Waals surface area contributed by atoms with E-state index in [1.54, 1.807) is 11.3 Å². The third-order valence-electron chi connectivity index (χ3n) is 2.74. The zero-order valence-corrected chi connectivity index (χ0v) is 13.3. The van der Waals surface area contributed by atoms with Crippen LogP contribution in [0, 0.1) is 0 Å². The number of hydrogen-bond acceptors (Lipinski definition) is 7. The number of nitrogens with one attached hydrogen (secondary N) is 1. The van der Waals surface area contributed by atoms with E-state index in [9.17, 15) is 4.79 Å². The second kappa shape index (κ2) is 6.81. The third-order valence-corrected chi connectivity index (χ3v) is 4.88. The Bertz CT molecular complexity index is 580. The Morgan fingerprint density at radius 1 is 1.55 bits per heavy atom. The molecule has 0 radical (unpaired) electrons. The average molecular weight is 311 g/mol. The third kappa shape index (κ3) is 3.77. The van der Waals surface area contributed by atoms with Crippen molar-refractivity contribution in [3.63, 3.8) is 0 Å². The summed E-state index contributed by atoms with van der Waals surface area (Å²) in [6.45, 7) is 4.18. The molecular weight excluding hydrogens is 294 g/mol. The van der Waals surface area contributed by atoms with Gasteiger partial charge in [0.2, 0.25) is 0 Å². The van der Waals surface area contributed by atoms with Crippen LogP contribution in [-0.4, -0.2) is 23.0 Å². The summed E-state index contributed by atoms with van der Waals surface area (Å²) in [6, 6.07) is 0.109. The van der Waals surface area contributed by atoms with E-state index in [-0.39, 0.29) is 18.4 Å². The Kier molecular flexibility index (Phi) is 5.08. The summed E-state index contributed by atoms with van der Waals surface area (Å²) in [4.78, 5) is 21.2. The lowest BCUT2D eigenvalue weighted by Crippen LogP contribution is -2.07. The van der Waals surface area contributed by atoms with E-state index in [0.29, 0.717) is 0 Å². The summed E-state index contributed by atoms with van der Waals surface area (Å²) in [5.74, 6) is -0.276. The molecule has 7 heteroatoms. The monoisotopic (exact) mass is 311 g/mol. The van der Waals surface area contributed by atoms with Gasteiger partial charge in [0, 0.05) is 16.5 Å². The lowest BCUT2D eigenvalue weighted by Gasteiger charge is -2.09. The van der Waals surface area contributed by atoms with E-state index < -0.39 is 0 Å². The second-order valence-electron chi connectivity index (χ2n) is 4.28. The van der Waals surface area contributed by atoms with Gasteiger partial charge < -0.3 is 10.1 Å². The van der Waals surface area contributed by atoms with Crippen molar-refractivity contribution >= 4 is 33.8 Å². The molecule has 0 spiro atoms. The molecule has 5 nitrogen and oxygen atoms in total. The molecule has 0 bridgehead atoms. The van der Waals surface area contributed by atoms with Gasteiger partial charge in [0.1, 0.15) is 5.01 Å². The fourth-order valence-corrected chi connectivity index (χ4v) is 3.27. The molecule has 2 aromatic rings. The van der Waals surface area contributed by atoms with Crippen LogP contribution >= 0.6 is 22.7 Å². The van der Waals surface area contributed by atoms with E-state index in [1.807, 2.05) is 11.6 Å². The van der Waals surface area contributed by atoms with E-state index in [2.05, 4.69) is 33.9 Å². The minimum atomic E-state index is -0.276. The van der Waals surface area contributed by atoms with E-state index >= 15 is 0 Å². The van der Waals surface area contributed by atoms with Crippen molar-refractivity contribution in [1.29, 1.82) is 0 Å². The number of anilines is 1. The highest BCUT2D eigenvalue weighted by atomic mass is 32.1. The van der Waals surface area contributed by atoms with Crippen molar-refractivity contribution in [1.82, 2.24) is 9.97 Å². The maximum atomic E-state index is 11.2. The summed E-state index contributed by atoms with van der Waals surface area (Å²) < 4.78 is 4.63. The van der Waals surface area contributed by atoms with Crippen molar-refractivity contribution in [2.75, 3.05) is 12.4 Å². The molecular formula is C13H17N3O2S2. The van der Waals surface area contributed by atoms with Crippen LogP contribution in [-0.2, 0) is 22.4 Å². The van der Waals surface area contributed by atoms with Gasteiger partial charge in [-0.05, 0) is 13.3 Å². The summed E-state index contributed by atoms with van der Waals surface area (Å²) in [5, 5.41) is 7.02. The molecule has 1 atom stereocenters. The van der Waals surface area contributed by atoms with Gasteiger partial charge >= 0.3 is 5.97 Å². The molecule has 1 N–H and O–H groups in total. The zero-order chi connectivity index (χ0) is 14.5. The van der Waals surface area contributed by atoms with E-state index in [0.717, 1.165) is 22.3 Å².